The molecule has 1 aliphatic heterocycles. The number of aromatic amines is 1. The van der Waals surface area contributed by atoms with Gasteiger partial charge in [0.2, 0.25) is 0 Å². The van der Waals surface area contributed by atoms with Crippen LogP contribution in [0.15, 0.2) is 10.9 Å². The van der Waals surface area contributed by atoms with Gasteiger partial charge in [0.1, 0.15) is 11.6 Å². The summed E-state index contributed by atoms with van der Waals surface area (Å²) in [7, 11) is 0. The Hall–Kier alpha value is -1.36. The van der Waals surface area contributed by atoms with Gasteiger partial charge in [0.05, 0.1) is 0 Å². The number of nitrogens with zero attached hydrogens (tertiary/aromatic N) is 2. The van der Waals surface area contributed by atoms with E-state index in [1.165, 1.54) is 0 Å². The fourth-order valence-electron chi connectivity index (χ4n) is 2.84. The molecule has 0 radical (unpaired) electrons. The number of nitrogens with two attached hydrogens (primary N) is 1. The fourth-order valence-corrected chi connectivity index (χ4v) is 2.84. The summed E-state index contributed by atoms with van der Waals surface area (Å²) in [6, 6.07) is 1.62. The number of hydrogen-bond acceptors (Lipinski definition) is 4. The Bertz CT molecular complexity index is 508. The van der Waals surface area contributed by atoms with Crippen LogP contribution in [0.5, 0.6) is 0 Å². The third-order valence-electron chi connectivity index (χ3n) is 4.45. The van der Waals surface area contributed by atoms with E-state index in [-0.39, 0.29) is 5.56 Å². The van der Waals surface area contributed by atoms with E-state index in [9.17, 15) is 4.79 Å². The molecule has 2 atom stereocenters. The molecule has 0 spiro atoms. The van der Waals surface area contributed by atoms with Crippen molar-refractivity contribution in [3.05, 3.63) is 22.2 Å². The zero-order valence-corrected chi connectivity index (χ0v) is 11.4. The molecule has 1 saturated carbocycles. The van der Waals surface area contributed by atoms with Gasteiger partial charge in [-0.1, -0.05) is 6.92 Å². The average Bonchev–Trinajstić information content (AvgIpc) is 3.23. The van der Waals surface area contributed by atoms with Crippen molar-refractivity contribution in [3.63, 3.8) is 0 Å². The third kappa shape index (κ3) is 2.66. The first-order valence-electron chi connectivity index (χ1n) is 7.23. The van der Waals surface area contributed by atoms with Crippen LogP contribution >= 0.6 is 0 Å². The number of aromatic nitrogens is 2. The first-order valence-corrected chi connectivity index (χ1v) is 7.23. The van der Waals surface area contributed by atoms with Crippen LogP contribution in [0.3, 0.4) is 0 Å². The summed E-state index contributed by atoms with van der Waals surface area (Å²) in [5.74, 6) is 3.33. The van der Waals surface area contributed by atoms with Crippen LogP contribution < -0.4 is 16.2 Å². The molecule has 19 heavy (non-hydrogen) atoms. The van der Waals surface area contributed by atoms with Crippen LogP contribution in [0.4, 0.5) is 5.82 Å². The summed E-state index contributed by atoms with van der Waals surface area (Å²) >= 11 is 0. The Labute approximate surface area is 113 Å². The van der Waals surface area contributed by atoms with Crippen LogP contribution in [0.1, 0.15) is 37.9 Å². The number of H-pyrrole nitrogens is 1. The molecule has 1 aromatic rings. The van der Waals surface area contributed by atoms with Crippen LogP contribution in [0.25, 0.3) is 0 Å². The van der Waals surface area contributed by atoms with Gasteiger partial charge >= 0.3 is 0 Å². The molecule has 0 aromatic carbocycles. The average molecular weight is 262 g/mol. The van der Waals surface area contributed by atoms with Gasteiger partial charge in [-0.3, -0.25) is 4.79 Å². The summed E-state index contributed by atoms with van der Waals surface area (Å²) in [5.41, 5.74) is 5.80. The number of rotatable bonds is 3. The predicted molar refractivity (Wildman–Crippen MR) is 75.4 cm³/mol. The van der Waals surface area contributed by atoms with Gasteiger partial charge in [-0.05, 0) is 37.6 Å². The molecule has 5 nitrogen and oxygen atoms in total. The predicted octanol–water partition coefficient (Wildman–Crippen LogP) is 1.07. The van der Waals surface area contributed by atoms with E-state index in [0.29, 0.717) is 24.3 Å². The van der Waals surface area contributed by atoms with Gasteiger partial charge in [0, 0.05) is 25.1 Å². The van der Waals surface area contributed by atoms with Gasteiger partial charge < -0.3 is 15.6 Å². The van der Waals surface area contributed by atoms with Crippen molar-refractivity contribution in [2.45, 2.75) is 32.1 Å². The van der Waals surface area contributed by atoms with Crippen LogP contribution in [-0.2, 0) is 0 Å². The molecule has 0 amide bonds. The monoisotopic (exact) mass is 262 g/mol. The SMILES string of the molecule is CC1CCN(c2cc(=O)[nH]c(C3CC3)n2)CC1CN. The van der Waals surface area contributed by atoms with E-state index in [0.717, 1.165) is 44.0 Å². The Balaban J connectivity index is 1.83. The van der Waals surface area contributed by atoms with Crippen molar-refractivity contribution in [1.82, 2.24) is 9.97 Å². The van der Waals surface area contributed by atoms with E-state index in [1.54, 1.807) is 6.07 Å². The fraction of sp³-hybridized carbons (Fsp3) is 0.714. The number of anilines is 1. The van der Waals surface area contributed by atoms with Gasteiger partial charge in [-0.2, -0.15) is 0 Å². The Kier molecular flexibility index (Phi) is 3.31. The van der Waals surface area contributed by atoms with Gasteiger partial charge in [0.15, 0.2) is 0 Å². The molecule has 2 fully saturated rings. The Morgan fingerprint density at radius 2 is 2.26 bits per heavy atom. The van der Waals surface area contributed by atoms with E-state index < -0.39 is 0 Å². The molecule has 5 heteroatoms. The second-order valence-electron chi connectivity index (χ2n) is 5.97. The maximum absolute atomic E-state index is 11.8. The molecule has 2 unspecified atom stereocenters. The van der Waals surface area contributed by atoms with E-state index in [4.69, 9.17) is 5.73 Å². The van der Waals surface area contributed by atoms with Gasteiger partial charge in [0.25, 0.3) is 5.56 Å². The smallest absolute Gasteiger partial charge is 0.252 e. The highest BCUT2D eigenvalue weighted by molar-refractivity contribution is 5.39. The van der Waals surface area contributed by atoms with E-state index >= 15 is 0 Å². The molecule has 2 aliphatic rings. The van der Waals surface area contributed by atoms with Crippen LogP contribution in [0.2, 0.25) is 0 Å². The maximum atomic E-state index is 11.8. The summed E-state index contributed by atoms with van der Waals surface area (Å²) in [6.07, 6.45) is 3.42. The minimum Gasteiger partial charge on any atom is -0.356 e. The van der Waals surface area contributed by atoms with Crippen molar-refractivity contribution in [2.75, 3.05) is 24.5 Å². The summed E-state index contributed by atoms with van der Waals surface area (Å²) in [4.78, 5) is 21.5. The molecule has 3 rings (SSSR count). The van der Waals surface area contributed by atoms with Crippen molar-refractivity contribution in [2.24, 2.45) is 17.6 Å². The highest BCUT2D eigenvalue weighted by Gasteiger charge is 2.29. The lowest BCUT2D eigenvalue weighted by Gasteiger charge is -2.37. The Morgan fingerprint density at radius 1 is 1.47 bits per heavy atom. The zero-order valence-electron chi connectivity index (χ0n) is 11.4. The first kappa shape index (κ1) is 12.7. The zero-order chi connectivity index (χ0) is 13.4. The largest absolute Gasteiger partial charge is 0.356 e. The quantitative estimate of drug-likeness (QED) is 0.854. The summed E-state index contributed by atoms with van der Waals surface area (Å²) in [6.45, 7) is 4.85. The molecule has 1 aliphatic carbocycles. The standard InChI is InChI=1S/C14H22N4O/c1-9-4-5-18(8-11(9)7-15)12-6-13(19)17-14(16-12)10-2-3-10/h6,9-11H,2-5,7-8,15H2,1H3,(H,16,17,19). The minimum atomic E-state index is -0.0326. The number of hydrogen-bond donors (Lipinski definition) is 2. The second-order valence-corrected chi connectivity index (χ2v) is 5.97. The lowest BCUT2D eigenvalue weighted by atomic mass is 9.87. The lowest BCUT2D eigenvalue weighted by molar-refractivity contribution is 0.306. The molecule has 3 N–H and O–H groups in total. The van der Waals surface area contributed by atoms with Crippen molar-refractivity contribution in [3.8, 4) is 0 Å². The Morgan fingerprint density at radius 3 is 2.95 bits per heavy atom. The topological polar surface area (TPSA) is 75.0 Å². The minimum absolute atomic E-state index is 0.0326. The summed E-state index contributed by atoms with van der Waals surface area (Å²) in [5, 5.41) is 0. The number of nitrogens with one attached hydrogen (secondary N) is 1. The highest BCUT2D eigenvalue weighted by atomic mass is 16.1. The van der Waals surface area contributed by atoms with Gasteiger partial charge in [-0.25, -0.2) is 4.98 Å². The van der Waals surface area contributed by atoms with Crippen LogP contribution in [0, 0.1) is 11.8 Å². The molecule has 2 heterocycles. The number of piperidine rings is 1. The lowest BCUT2D eigenvalue weighted by Crippen LogP contribution is -2.43. The van der Waals surface area contributed by atoms with Crippen molar-refractivity contribution in [1.29, 1.82) is 0 Å². The summed E-state index contributed by atoms with van der Waals surface area (Å²) < 4.78 is 0. The molecular formula is C14H22N4O. The normalized spacial score (nSPS) is 27.6. The molecule has 1 aromatic heterocycles. The van der Waals surface area contributed by atoms with E-state index in [2.05, 4.69) is 21.8 Å². The first-order chi connectivity index (χ1) is 9.17. The highest BCUT2D eigenvalue weighted by Crippen LogP contribution is 2.38. The second kappa shape index (κ2) is 4.96. The van der Waals surface area contributed by atoms with Crippen molar-refractivity contribution < 1.29 is 0 Å². The van der Waals surface area contributed by atoms with E-state index in [1.807, 2.05) is 0 Å². The maximum Gasteiger partial charge on any atom is 0.252 e. The van der Waals surface area contributed by atoms with Crippen molar-refractivity contribution >= 4 is 5.82 Å². The molecule has 1 saturated heterocycles. The van der Waals surface area contributed by atoms with Crippen LogP contribution in [-0.4, -0.2) is 29.6 Å². The van der Waals surface area contributed by atoms with Gasteiger partial charge in [-0.15, -0.1) is 0 Å². The molecule has 104 valence electrons. The molecular weight excluding hydrogens is 240 g/mol. The molecule has 0 bridgehead atoms. The third-order valence-corrected chi connectivity index (χ3v) is 4.45.